The third-order valence-corrected chi connectivity index (χ3v) is 5.49. The summed E-state index contributed by atoms with van der Waals surface area (Å²) in [5.41, 5.74) is 1.41. The number of ether oxygens (including phenoxy) is 1. The largest absolute Gasteiger partial charge is 0.461 e. The fraction of sp³-hybridized carbons (Fsp3) is 0.318. The van der Waals surface area contributed by atoms with Gasteiger partial charge in [-0.05, 0) is 44.0 Å². The molecule has 0 saturated heterocycles. The van der Waals surface area contributed by atoms with E-state index >= 15 is 0 Å². The number of pyridine rings is 2. The van der Waals surface area contributed by atoms with E-state index in [0.717, 1.165) is 17.1 Å². The standard InChI is InChI=1S/C22H20F3N5O3/c1-4-33-21(32)18-17-11-29(20(31)16(17)5-6-26-18)13(3)14-7-12(2)19(27-8-14)30-10-15(9-28-30)22(23,24)25/h5-10,13H,4,11H2,1-3H3. The number of aromatic nitrogens is 4. The molecule has 1 aliphatic rings. The van der Waals surface area contributed by atoms with E-state index in [1.54, 1.807) is 30.9 Å². The van der Waals surface area contributed by atoms with Gasteiger partial charge in [0, 0.05) is 36.3 Å². The molecule has 33 heavy (non-hydrogen) atoms. The van der Waals surface area contributed by atoms with Crippen LogP contribution in [0.4, 0.5) is 13.2 Å². The predicted molar refractivity (Wildman–Crippen MR) is 110 cm³/mol. The molecular formula is C22H20F3N5O3. The SMILES string of the molecule is CCOC(=O)c1nccc2c1CN(C(C)c1cnc(-n3cc(C(F)(F)F)cn3)c(C)c1)C2=O. The summed E-state index contributed by atoms with van der Waals surface area (Å²) < 4.78 is 44.8. The Balaban J connectivity index is 1.60. The molecule has 0 bridgehead atoms. The van der Waals surface area contributed by atoms with Gasteiger partial charge in [0.05, 0.1) is 24.4 Å². The zero-order valence-corrected chi connectivity index (χ0v) is 18.1. The predicted octanol–water partition coefficient (Wildman–Crippen LogP) is 3.88. The molecule has 1 amide bonds. The zero-order chi connectivity index (χ0) is 23.9. The van der Waals surface area contributed by atoms with Crippen molar-refractivity contribution < 1.29 is 27.5 Å². The number of fused-ring (bicyclic) bond motifs is 1. The van der Waals surface area contributed by atoms with E-state index in [2.05, 4.69) is 15.1 Å². The lowest BCUT2D eigenvalue weighted by molar-refractivity contribution is -0.137. The van der Waals surface area contributed by atoms with E-state index in [1.165, 1.54) is 12.4 Å². The van der Waals surface area contributed by atoms with Crippen LogP contribution in [0, 0.1) is 6.92 Å². The normalized spacial score (nSPS) is 14.4. The summed E-state index contributed by atoms with van der Waals surface area (Å²) in [7, 11) is 0. The minimum atomic E-state index is -4.50. The Morgan fingerprint density at radius 2 is 2.03 bits per heavy atom. The zero-order valence-electron chi connectivity index (χ0n) is 18.1. The first-order valence-corrected chi connectivity index (χ1v) is 10.2. The molecule has 0 aliphatic carbocycles. The second-order valence-electron chi connectivity index (χ2n) is 7.60. The number of hydrogen-bond acceptors (Lipinski definition) is 6. The van der Waals surface area contributed by atoms with Gasteiger partial charge in [0.2, 0.25) is 0 Å². The summed E-state index contributed by atoms with van der Waals surface area (Å²) in [4.78, 5) is 35.2. The van der Waals surface area contributed by atoms with Crippen molar-refractivity contribution in [3.05, 3.63) is 70.4 Å². The van der Waals surface area contributed by atoms with Crippen LogP contribution in [0.1, 0.15) is 63.0 Å². The molecule has 4 heterocycles. The van der Waals surface area contributed by atoms with E-state index in [4.69, 9.17) is 4.74 Å². The van der Waals surface area contributed by atoms with Gasteiger partial charge in [-0.1, -0.05) is 0 Å². The fourth-order valence-electron chi connectivity index (χ4n) is 3.76. The van der Waals surface area contributed by atoms with Gasteiger partial charge in [0.15, 0.2) is 11.5 Å². The van der Waals surface area contributed by atoms with E-state index in [-0.39, 0.29) is 30.6 Å². The minimum absolute atomic E-state index is 0.112. The molecule has 3 aromatic heterocycles. The van der Waals surface area contributed by atoms with E-state index in [0.29, 0.717) is 22.3 Å². The van der Waals surface area contributed by atoms with Gasteiger partial charge in [0.25, 0.3) is 5.91 Å². The van der Waals surface area contributed by atoms with Crippen LogP contribution in [0.3, 0.4) is 0 Å². The number of alkyl halides is 3. The van der Waals surface area contributed by atoms with Crippen LogP contribution in [0.25, 0.3) is 5.82 Å². The lowest BCUT2D eigenvalue weighted by Crippen LogP contribution is -2.27. The van der Waals surface area contributed by atoms with Crippen molar-refractivity contribution >= 4 is 11.9 Å². The molecule has 0 aromatic carbocycles. The first-order valence-electron chi connectivity index (χ1n) is 10.2. The molecule has 0 radical (unpaired) electrons. The summed E-state index contributed by atoms with van der Waals surface area (Å²) in [6.07, 6.45) is 0.0264. The Morgan fingerprint density at radius 1 is 1.27 bits per heavy atom. The van der Waals surface area contributed by atoms with Crippen molar-refractivity contribution in [3.63, 3.8) is 0 Å². The summed E-state index contributed by atoms with van der Waals surface area (Å²) in [5.74, 6) is -0.587. The van der Waals surface area contributed by atoms with Gasteiger partial charge >= 0.3 is 12.1 Å². The number of carbonyl (C=O) groups excluding carboxylic acids is 2. The molecule has 172 valence electrons. The van der Waals surface area contributed by atoms with Gasteiger partial charge < -0.3 is 9.64 Å². The Labute approximate surface area is 187 Å². The molecule has 4 rings (SSSR count). The number of aryl methyl sites for hydroxylation is 1. The van der Waals surface area contributed by atoms with Gasteiger partial charge in [-0.25, -0.2) is 19.4 Å². The molecular weight excluding hydrogens is 439 g/mol. The third-order valence-electron chi connectivity index (χ3n) is 5.49. The van der Waals surface area contributed by atoms with Crippen molar-refractivity contribution in [2.75, 3.05) is 6.61 Å². The van der Waals surface area contributed by atoms with Crippen molar-refractivity contribution in [2.45, 2.75) is 39.5 Å². The van der Waals surface area contributed by atoms with Crippen molar-refractivity contribution in [2.24, 2.45) is 0 Å². The van der Waals surface area contributed by atoms with Crippen LogP contribution >= 0.6 is 0 Å². The van der Waals surface area contributed by atoms with E-state index in [1.807, 2.05) is 6.92 Å². The van der Waals surface area contributed by atoms with Crippen molar-refractivity contribution in [1.29, 1.82) is 0 Å². The number of rotatable bonds is 5. The number of hydrogen-bond donors (Lipinski definition) is 0. The number of carbonyl (C=O) groups is 2. The molecule has 1 atom stereocenters. The fourth-order valence-corrected chi connectivity index (χ4v) is 3.76. The number of nitrogens with zero attached hydrogens (tertiary/aromatic N) is 5. The number of amides is 1. The lowest BCUT2D eigenvalue weighted by Gasteiger charge is -2.25. The monoisotopic (exact) mass is 459 g/mol. The van der Waals surface area contributed by atoms with Gasteiger partial charge in [0.1, 0.15) is 0 Å². The van der Waals surface area contributed by atoms with Crippen molar-refractivity contribution in [1.82, 2.24) is 24.6 Å². The van der Waals surface area contributed by atoms with Crippen LogP contribution in [0.2, 0.25) is 0 Å². The van der Waals surface area contributed by atoms with Gasteiger partial charge in [-0.15, -0.1) is 0 Å². The Bertz CT molecular complexity index is 1240. The average molecular weight is 459 g/mol. The molecule has 1 unspecified atom stereocenters. The molecule has 0 spiro atoms. The van der Waals surface area contributed by atoms with Crippen LogP contribution in [-0.2, 0) is 17.5 Å². The van der Waals surface area contributed by atoms with Crippen LogP contribution in [-0.4, -0.2) is 43.1 Å². The highest BCUT2D eigenvalue weighted by Gasteiger charge is 2.36. The molecule has 0 fully saturated rings. The number of esters is 1. The summed E-state index contributed by atoms with van der Waals surface area (Å²) in [6, 6.07) is 2.90. The van der Waals surface area contributed by atoms with Crippen LogP contribution in [0.5, 0.6) is 0 Å². The van der Waals surface area contributed by atoms with E-state index in [9.17, 15) is 22.8 Å². The average Bonchev–Trinajstić information content (AvgIpc) is 3.39. The van der Waals surface area contributed by atoms with Crippen molar-refractivity contribution in [3.8, 4) is 5.82 Å². The quantitative estimate of drug-likeness (QED) is 0.538. The maximum absolute atomic E-state index is 13.0. The molecule has 11 heteroatoms. The third kappa shape index (κ3) is 4.06. The maximum atomic E-state index is 13.0. The number of halogens is 3. The minimum Gasteiger partial charge on any atom is -0.461 e. The first kappa shape index (κ1) is 22.4. The summed E-state index contributed by atoms with van der Waals surface area (Å²) in [5, 5.41) is 3.77. The highest BCUT2D eigenvalue weighted by atomic mass is 19.4. The van der Waals surface area contributed by atoms with E-state index < -0.39 is 23.8 Å². The van der Waals surface area contributed by atoms with Crippen LogP contribution < -0.4 is 0 Å². The Hall–Kier alpha value is -3.76. The van der Waals surface area contributed by atoms with Gasteiger partial charge in [-0.2, -0.15) is 18.3 Å². The van der Waals surface area contributed by atoms with Crippen LogP contribution in [0.15, 0.2) is 36.9 Å². The molecule has 0 saturated carbocycles. The Kier molecular flexibility index (Phi) is 5.64. The molecule has 0 N–H and O–H groups in total. The van der Waals surface area contributed by atoms with Gasteiger partial charge in [-0.3, -0.25) is 4.79 Å². The second-order valence-corrected chi connectivity index (χ2v) is 7.60. The highest BCUT2D eigenvalue weighted by molar-refractivity contribution is 6.02. The smallest absolute Gasteiger partial charge is 0.419 e. The second kappa shape index (κ2) is 8.30. The Morgan fingerprint density at radius 3 is 2.67 bits per heavy atom. The summed E-state index contributed by atoms with van der Waals surface area (Å²) in [6.45, 7) is 5.57. The summed E-state index contributed by atoms with van der Waals surface area (Å²) >= 11 is 0. The topological polar surface area (TPSA) is 90.2 Å². The maximum Gasteiger partial charge on any atom is 0.419 e. The lowest BCUT2D eigenvalue weighted by atomic mass is 10.1. The molecule has 1 aliphatic heterocycles. The molecule has 3 aromatic rings. The highest BCUT2D eigenvalue weighted by Crippen LogP contribution is 2.33. The molecule has 8 nitrogen and oxygen atoms in total. The first-order chi connectivity index (χ1) is 15.6.